The highest BCUT2D eigenvalue weighted by Gasteiger charge is 2.13. The van der Waals surface area contributed by atoms with Crippen molar-refractivity contribution in [1.82, 2.24) is 0 Å². The van der Waals surface area contributed by atoms with E-state index in [1.807, 2.05) is 13.8 Å². The van der Waals surface area contributed by atoms with E-state index in [1.54, 1.807) is 18.2 Å². The minimum Gasteiger partial charge on any atom is -0.482 e. The van der Waals surface area contributed by atoms with E-state index in [2.05, 4.69) is 10.1 Å². The molecule has 0 radical (unpaired) electrons. The summed E-state index contributed by atoms with van der Waals surface area (Å²) < 4.78 is 9.77. The molecule has 1 atom stereocenters. The lowest BCUT2D eigenvalue weighted by Crippen LogP contribution is -2.35. The Kier molecular flexibility index (Phi) is 9.21. The van der Waals surface area contributed by atoms with Crippen LogP contribution in [0.15, 0.2) is 18.2 Å². The molecule has 0 aliphatic rings. The molecular formula is C15H23ClN2O4. The third-order valence-corrected chi connectivity index (χ3v) is 2.98. The number of rotatable bonds is 7. The second-order valence-corrected chi connectivity index (χ2v) is 4.73. The van der Waals surface area contributed by atoms with Gasteiger partial charge in [0.1, 0.15) is 5.75 Å². The first-order valence-electron chi connectivity index (χ1n) is 6.84. The van der Waals surface area contributed by atoms with Crippen molar-refractivity contribution in [2.24, 2.45) is 5.73 Å². The molecule has 0 fully saturated rings. The van der Waals surface area contributed by atoms with Crippen LogP contribution in [-0.4, -0.2) is 31.6 Å². The van der Waals surface area contributed by atoms with E-state index in [0.717, 1.165) is 12.0 Å². The molecule has 0 aliphatic heterocycles. The van der Waals surface area contributed by atoms with Crippen LogP contribution in [0.4, 0.5) is 5.69 Å². The molecule has 0 saturated carbocycles. The maximum absolute atomic E-state index is 11.9. The van der Waals surface area contributed by atoms with Crippen LogP contribution in [0.1, 0.15) is 25.3 Å². The number of nitrogens with two attached hydrogens (primary N) is 1. The van der Waals surface area contributed by atoms with Crippen molar-refractivity contribution in [3.63, 3.8) is 0 Å². The van der Waals surface area contributed by atoms with Gasteiger partial charge in [-0.1, -0.05) is 13.3 Å². The summed E-state index contributed by atoms with van der Waals surface area (Å²) in [6.45, 7) is 3.67. The Labute approximate surface area is 136 Å². The largest absolute Gasteiger partial charge is 0.482 e. The van der Waals surface area contributed by atoms with E-state index in [0.29, 0.717) is 17.9 Å². The topological polar surface area (TPSA) is 90.7 Å². The van der Waals surface area contributed by atoms with Gasteiger partial charge in [-0.05, 0) is 37.1 Å². The zero-order valence-corrected chi connectivity index (χ0v) is 13.9. The number of benzene rings is 1. The molecule has 1 rings (SSSR count). The summed E-state index contributed by atoms with van der Waals surface area (Å²) in [5.41, 5.74) is 7.27. The van der Waals surface area contributed by atoms with Crippen molar-refractivity contribution >= 4 is 30.0 Å². The average Bonchev–Trinajstić information content (AvgIpc) is 2.47. The van der Waals surface area contributed by atoms with Crippen molar-refractivity contribution in [3.8, 4) is 5.75 Å². The van der Waals surface area contributed by atoms with Crippen molar-refractivity contribution < 1.29 is 19.1 Å². The number of methoxy groups -OCH3 is 1. The minimum atomic E-state index is -0.510. The lowest BCUT2D eigenvalue weighted by molar-refractivity contribution is -0.142. The number of amides is 1. The van der Waals surface area contributed by atoms with Crippen LogP contribution in [0.2, 0.25) is 0 Å². The summed E-state index contributed by atoms with van der Waals surface area (Å²) in [5.74, 6) is -0.118. The van der Waals surface area contributed by atoms with E-state index in [4.69, 9.17) is 10.5 Å². The first kappa shape index (κ1) is 20.2. The number of nitrogens with one attached hydrogen (secondary N) is 1. The van der Waals surface area contributed by atoms with Crippen molar-refractivity contribution in [1.29, 1.82) is 0 Å². The van der Waals surface area contributed by atoms with Crippen LogP contribution in [0, 0.1) is 6.92 Å². The van der Waals surface area contributed by atoms with Gasteiger partial charge in [-0.2, -0.15) is 0 Å². The van der Waals surface area contributed by atoms with Gasteiger partial charge in [0, 0.05) is 5.69 Å². The van der Waals surface area contributed by atoms with Gasteiger partial charge >= 0.3 is 5.97 Å². The highest BCUT2D eigenvalue weighted by molar-refractivity contribution is 5.95. The molecule has 0 spiro atoms. The lowest BCUT2D eigenvalue weighted by Gasteiger charge is -2.14. The molecule has 1 unspecified atom stereocenters. The molecule has 1 amide bonds. The predicted octanol–water partition coefficient (Wildman–Crippen LogP) is 2.03. The number of hydrogen-bond acceptors (Lipinski definition) is 5. The monoisotopic (exact) mass is 330 g/mol. The Morgan fingerprint density at radius 3 is 2.59 bits per heavy atom. The van der Waals surface area contributed by atoms with Crippen LogP contribution < -0.4 is 15.8 Å². The van der Waals surface area contributed by atoms with Gasteiger partial charge in [0.2, 0.25) is 5.91 Å². The Balaban J connectivity index is 0.00000441. The smallest absolute Gasteiger partial charge is 0.343 e. The van der Waals surface area contributed by atoms with Crippen molar-refractivity contribution in [2.45, 2.75) is 32.7 Å². The summed E-state index contributed by atoms with van der Waals surface area (Å²) in [6, 6.07) is 4.63. The van der Waals surface area contributed by atoms with Gasteiger partial charge in [-0.3, -0.25) is 4.79 Å². The van der Waals surface area contributed by atoms with Crippen LogP contribution in [-0.2, 0) is 14.3 Å². The number of halogens is 1. The van der Waals surface area contributed by atoms with Crippen molar-refractivity contribution in [3.05, 3.63) is 23.8 Å². The molecule has 0 aromatic heterocycles. The summed E-state index contributed by atoms with van der Waals surface area (Å²) in [6.07, 6.45) is 1.50. The van der Waals surface area contributed by atoms with E-state index in [-0.39, 0.29) is 24.9 Å². The molecule has 0 bridgehead atoms. The number of carbonyl (C=O) groups excluding carboxylic acids is 2. The number of aryl methyl sites for hydroxylation is 1. The van der Waals surface area contributed by atoms with Gasteiger partial charge in [-0.15, -0.1) is 12.4 Å². The first-order valence-corrected chi connectivity index (χ1v) is 6.84. The second kappa shape index (κ2) is 10.0. The van der Waals surface area contributed by atoms with E-state index < -0.39 is 12.0 Å². The third-order valence-electron chi connectivity index (χ3n) is 2.98. The summed E-state index contributed by atoms with van der Waals surface area (Å²) >= 11 is 0. The van der Waals surface area contributed by atoms with Gasteiger partial charge in [-0.25, -0.2) is 4.79 Å². The molecule has 0 aliphatic carbocycles. The molecule has 0 saturated heterocycles. The summed E-state index contributed by atoms with van der Waals surface area (Å²) in [4.78, 5) is 22.9. The standard InChI is InChI=1S/C15H22N2O4.ClH/c1-4-5-12(16)15(19)17-13-7-6-11(8-10(13)2)21-9-14(18)20-3;/h6-8,12H,4-5,9,16H2,1-3H3,(H,17,19);1H. The number of anilines is 1. The number of ether oxygens (including phenoxy) is 2. The zero-order chi connectivity index (χ0) is 15.8. The van der Waals surface area contributed by atoms with Crippen molar-refractivity contribution in [2.75, 3.05) is 19.0 Å². The minimum absolute atomic E-state index is 0. The maximum Gasteiger partial charge on any atom is 0.343 e. The molecule has 3 N–H and O–H groups in total. The fourth-order valence-corrected chi connectivity index (χ4v) is 1.73. The molecule has 22 heavy (non-hydrogen) atoms. The highest BCUT2D eigenvalue weighted by Crippen LogP contribution is 2.21. The normalized spacial score (nSPS) is 11.1. The molecular weight excluding hydrogens is 308 g/mol. The quantitative estimate of drug-likeness (QED) is 0.746. The van der Waals surface area contributed by atoms with Gasteiger partial charge < -0.3 is 20.5 Å². The van der Waals surface area contributed by atoms with Gasteiger partial charge in [0.25, 0.3) is 0 Å². The van der Waals surface area contributed by atoms with Crippen LogP contribution >= 0.6 is 12.4 Å². The number of esters is 1. The van der Waals surface area contributed by atoms with Crippen LogP contribution in [0.5, 0.6) is 5.75 Å². The maximum atomic E-state index is 11.9. The van der Waals surface area contributed by atoms with E-state index in [1.165, 1.54) is 7.11 Å². The Bertz CT molecular complexity index is 508. The fourth-order valence-electron chi connectivity index (χ4n) is 1.73. The predicted molar refractivity (Wildman–Crippen MR) is 87.5 cm³/mol. The molecule has 6 nitrogen and oxygen atoms in total. The molecule has 1 aromatic carbocycles. The second-order valence-electron chi connectivity index (χ2n) is 4.73. The van der Waals surface area contributed by atoms with E-state index >= 15 is 0 Å². The zero-order valence-electron chi connectivity index (χ0n) is 13.0. The van der Waals surface area contributed by atoms with Crippen LogP contribution in [0.3, 0.4) is 0 Å². The van der Waals surface area contributed by atoms with Gasteiger partial charge in [0.15, 0.2) is 6.61 Å². The Hall–Kier alpha value is -1.79. The fraction of sp³-hybridized carbons (Fsp3) is 0.467. The Morgan fingerprint density at radius 1 is 1.36 bits per heavy atom. The molecule has 7 heteroatoms. The van der Waals surface area contributed by atoms with E-state index in [9.17, 15) is 9.59 Å². The van der Waals surface area contributed by atoms with Crippen LogP contribution in [0.25, 0.3) is 0 Å². The summed E-state index contributed by atoms with van der Waals surface area (Å²) in [5, 5.41) is 2.79. The first-order chi connectivity index (χ1) is 9.97. The SMILES string of the molecule is CCCC(N)C(=O)Nc1ccc(OCC(=O)OC)cc1C.Cl. The summed E-state index contributed by atoms with van der Waals surface area (Å²) in [7, 11) is 1.30. The third kappa shape index (κ3) is 6.32. The number of carbonyl (C=O) groups is 2. The average molecular weight is 331 g/mol. The molecule has 124 valence electrons. The molecule has 0 heterocycles. The molecule has 1 aromatic rings. The van der Waals surface area contributed by atoms with Gasteiger partial charge in [0.05, 0.1) is 13.2 Å². The Morgan fingerprint density at radius 2 is 2.05 bits per heavy atom. The highest BCUT2D eigenvalue weighted by atomic mass is 35.5. The number of hydrogen-bond donors (Lipinski definition) is 2. The lowest BCUT2D eigenvalue weighted by atomic mass is 10.1.